The first-order valence-electron chi connectivity index (χ1n) is 7.67. The number of hydrogen-bond acceptors (Lipinski definition) is 4. The summed E-state index contributed by atoms with van der Waals surface area (Å²) in [6, 6.07) is 0. The van der Waals surface area contributed by atoms with Gasteiger partial charge in [0.2, 0.25) is 5.91 Å². The summed E-state index contributed by atoms with van der Waals surface area (Å²) in [5, 5.41) is 0.810. The smallest absolute Gasteiger partial charge is 0.222 e. The Labute approximate surface area is 131 Å². The van der Waals surface area contributed by atoms with E-state index in [0.29, 0.717) is 12.3 Å². The molecule has 5 heteroatoms. The second-order valence-corrected chi connectivity index (χ2v) is 6.72. The maximum Gasteiger partial charge on any atom is 0.222 e. The molecule has 116 valence electrons. The van der Waals surface area contributed by atoms with E-state index < -0.39 is 0 Å². The van der Waals surface area contributed by atoms with Gasteiger partial charge in [0.25, 0.3) is 0 Å². The lowest BCUT2D eigenvalue weighted by Crippen LogP contribution is -2.39. The van der Waals surface area contributed by atoms with Crippen LogP contribution in [-0.4, -0.2) is 40.1 Å². The number of amides is 1. The number of carbonyl (C=O) groups excluding carboxylic acids is 1. The zero-order valence-corrected chi connectivity index (χ0v) is 14.3. The van der Waals surface area contributed by atoms with Gasteiger partial charge in [0, 0.05) is 30.9 Å². The largest absolute Gasteiger partial charge is 0.342 e. The first kappa shape index (κ1) is 16.3. The molecule has 1 amide bonds. The maximum absolute atomic E-state index is 12.3. The monoisotopic (exact) mass is 307 g/mol. The minimum atomic E-state index is 0.272. The summed E-state index contributed by atoms with van der Waals surface area (Å²) in [4.78, 5) is 23.3. The van der Waals surface area contributed by atoms with Gasteiger partial charge in [-0.25, -0.2) is 9.97 Å². The number of rotatable bonds is 4. The Kier molecular flexibility index (Phi) is 5.62. The highest BCUT2D eigenvalue weighted by atomic mass is 32.2. The van der Waals surface area contributed by atoms with Crippen molar-refractivity contribution in [2.75, 3.05) is 19.3 Å². The topological polar surface area (TPSA) is 46.1 Å². The predicted molar refractivity (Wildman–Crippen MR) is 86.6 cm³/mol. The summed E-state index contributed by atoms with van der Waals surface area (Å²) in [5.41, 5.74) is 3.14. The Bertz CT molecular complexity index is 495. The van der Waals surface area contributed by atoms with E-state index in [2.05, 4.69) is 16.9 Å². The Morgan fingerprint density at radius 3 is 2.57 bits per heavy atom. The van der Waals surface area contributed by atoms with Gasteiger partial charge in [-0.05, 0) is 50.8 Å². The van der Waals surface area contributed by atoms with E-state index >= 15 is 0 Å². The van der Waals surface area contributed by atoms with Crippen molar-refractivity contribution in [1.29, 1.82) is 0 Å². The highest BCUT2D eigenvalue weighted by molar-refractivity contribution is 7.98. The van der Waals surface area contributed by atoms with Gasteiger partial charge >= 0.3 is 0 Å². The van der Waals surface area contributed by atoms with Crippen molar-refractivity contribution < 1.29 is 4.79 Å². The average molecular weight is 307 g/mol. The molecule has 4 nitrogen and oxygen atoms in total. The summed E-state index contributed by atoms with van der Waals surface area (Å²) in [6.45, 7) is 8.08. The number of aromatic nitrogens is 2. The molecule has 1 atom stereocenters. The molecule has 1 fully saturated rings. The second kappa shape index (κ2) is 7.25. The third-order valence-corrected chi connectivity index (χ3v) is 4.73. The van der Waals surface area contributed by atoms with Gasteiger partial charge in [-0.2, -0.15) is 0 Å². The van der Waals surface area contributed by atoms with Gasteiger partial charge in [0.15, 0.2) is 5.16 Å². The molecular formula is C16H25N3OS. The Hall–Kier alpha value is -1.10. The van der Waals surface area contributed by atoms with Crippen LogP contribution in [0.25, 0.3) is 0 Å². The maximum atomic E-state index is 12.3. The first-order valence-corrected chi connectivity index (χ1v) is 8.89. The fourth-order valence-corrected chi connectivity index (χ4v) is 3.42. The Morgan fingerprint density at radius 1 is 1.33 bits per heavy atom. The van der Waals surface area contributed by atoms with E-state index in [1.54, 1.807) is 11.8 Å². The molecule has 0 spiro atoms. The van der Waals surface area contributed by atoms with Crippen molar-refractivity contribution in [2.45, 2.75) is 51.6 Å². The lowest BCUT2D eigenvalue weighted by Gasteiger charge is -2.31. The minimum absolute atomic E-state index is 0.272. The molecule has 0 bridgehead atoms. The Balaban J connectivity index is 1.98. The summed E-state index contributed by atoms with van der Waals surface area (Å²) >= 11 is 1.56. The van der Waals surface area contributed by atoms with Crippen LogP contribution >= 0.6 is 11.8 Å². The van der Waals surface area contributed by atoms with Crippen molar-refractivity contribution in [3.63, 3.8) is 0 Å². The van der Waals surface area contributed by atoms with E-state index in [1.165, 1.54) is 6.42 Å². The first-order chi connectivity index (χ1) is 10.0. The molecule has 0 N–H and O–H groups in total. The van der Waals surface area contributed by atoms with Gasteiger partial charge < -0.3 is 4.90 Å². The predicted octanol–water partition coefficient (Wildman–Crippen LogP) is 3.01. The SMILES string of the molecule is CSc1nc(C)c(CCC(=O)N2CCCC(C)C2)c(C)n1. The molecule has 0 aromatic carbocycles. The molecule has 1 saturated heterocycles. The molecule has 0 saturated carbocycles. The molecule has 0 radical (unpaired) electrons. The van der Waals surface area contributed by atoms with Crippen LogP contribution in [0.15, 0.2) is 5.16 Å². The molecular weight excluding hydrogens is 282 g/mol. The average Bonchev–Trinajstić information content (AvgIpc) is 2.45. The quantitative estimate of drug-likeness (QED) is 0.634. The van der Waals surface area contributed by atoms with Crippen molar-refractivity contribution in [1.82, 2.24) is 14.9 Å². The lowest BCUT2D eigenvalue weighted by atomic mass is 9.99. The highest BCUT2D eigenvalue weighted by Crippen LogP contribution is 2.19. The number of hydrogen-bond donors (Lipinski definition) is 0. The van der Waals surface area contributed by atoms with Crippen molar-refractivity contribution in [3.8, 4) is 0 Å². The molecule has 2 rings (SSSR count). The van der Waals surface area contributed by atoms with E-state index in [1.807, 2.05) is 25.0 Å². The molecule has 2 heterocycles. The van der Waals surface area contributed by atoms with Crippen LogP contribution in [0.1, 0.15) is 43.1 Å². The van der Waals surface area contributed by atoms with Gasteiger partial charge in [-0.15, -0.1) is 0 Å². The summed E-state index contributed by atoms with van der Waals surface area (Å²) in [7, 11) is 0. The van der Waals surface area contributed by atoms with E-state index in [9.17, 15) is 4.79 Å². The van der Waals surface area contributed by atoms with Crippen LogP contribution in [0.3, 0.4) is 0 Å². The molecule has 1 aromatic rings. The summed E-state index contributed by atoms with van der Waals surface area (Å²) in [6.07, 6.45) is 5.67. The van der Waals surface area contributed by atoms with E-state index in [-0.39, 0.29) is 5.91 Å². The van der Waals surface area contributed by atoms with Crippen molar-refractivity contribution >= 4 is 17.7 Å². The van der Waals surface area contributed by atoms with Crippen LogP contribution in [0, 0.1) is 19.8 Å². The normalized spacial score (nSPS) is 18.9. The third kappa shape index (κ3) is 4.19. The zero-order valence-electron chi connectivity index (χ0n) is 13.5. The molecule has 1 aliphatic rings. The molecule has 1 aliphatic heterocycles. The zero-order chi connectivity index (χ0) is 15.4. The molecule has 1 aromatic heterocycles. The van der Waals surface area contributed by atoms with Crippen LogP contribution < -0.4 is 0 Å². The van der Waals surface area contributed by atoms with Crippen LogP contribution in [0.2, 0.25) is 0 Å². The van der Waals surface area contributed by atoms with Crippen LogP contribution in [0.4, 0.5) is 0 Å². The molecule has 1 unspecified atom stereocenters. The van der Waals surface area contributed by atoms with E-state index in [4.69, 9.17) is 0 Å². The molecule has 21 heavy (non-hydrogen) atoms. The van der Waals surface area contributed by atoms with Crippen LogP contribution in [0.5, 0.6) is 0 Å². The number of piperidine rings is 1. The Morgan fingerprint density at radius 2 is 2.00 bits per heavy atom. The number of carbonyl (C=O) groups is 1. The summed E-state index contributed by atoms with van der Waals surface area (Å²) < 4.78 is 0. The third-order valence-electron chi connectivity index (χ3n) is 4.18. The van der Waals surface area contributed by atoms with Crippen molar-refractivity contribution in [3.05, 3.63) is 17.0 Å². The van der Waals surface area contributed by atoms with Crippen molar-refractivity contribution in [2.24, 2.45) is 5.92 Å². The van der Waals surface area contributed by atoms with Gasteiger partial charge in [0.1, 0.15) is 0 Å². The van der Waals surface area contributed by atoms with Crippen LogP contribution in [-0.2, 0) is 11.2 Å². The number of aryl methyl sites for hydroxylation is 2. The fourth-order valence-electron chi connectivity index (χ4n) is 2.97. The number of nitrogens with zero attached hydrogens (tertiary/aromatic N) is 3. The second-order valence-electron chi connectivity index (χ2n) is 5.95. The fraction of sp³-hybridized carbons (Fsp3) is 0.688. The van der Waals surface area contributed by atoms with E-state index in [0.717, 1.165) is 48.0 Å². The summed E-state index contributed by atoms with van der Waals surface area (Å²) in [5.74, 6) is 0.907. The number of likely N-dealkylation sites (tertiary alicyclic amines) is 1. The standard InChI is InChI=1S/C16H25N3OS/c1-11-6-5-9-19(10-11)15(20)8-7-14-12(2)17-16(21-4)18-13(14)3/h11H,5-10H2,1-4H3. The molecule has 0 aliphatic carbocycles. The lowest BCUT2D eigenvalue weighted by molar-refractivity contribution is -0.132. The van der Waals surface area contributed by atoms with Gasteiger partial charge in [0.05, 0.1) is 0 Å². The van der Waals surface area contributed by atoms with Gasteiger partial charge in [-0.1, -0.05) is 18.7 Å². The van der Waals surface area contributed by atoms with Gasteiger partial charge in [-0.3, -0.25) is 4.79 Å². The minimum Gasteiger partial charge on any atom is -0.342 e. The number of thioether (sulfide) groups is 1. The highest BCUT2D eigenvalue weighted by Gasteiger charge is 2.21.